The van der Waals surface area contributed by atoms with Crippen LogP contribution in [0.15, 0.2) is 48.5 Å². The summed E-state index contributed by atoms with van der Waals surface area (Å²) in [6, 6.07) is 14.6. The Balaban J connectivity index is 1.92. The first-order valence-corrected chi connectivity index (χ1v) is 8.17. The molecule has 0 aliphatic carbocycles. The maximum atomic E-state index is 12.2. The van der Waals surface area contributed by atoms with Gasteiger partial charge in [-0.25, -0.2) is 4.79 Å². The maximum absolute atomic E-state index is 12.2. The van der Waals surface area contributed by atoms with Gasteiger partial charge in [0.1, 0.15) is 5.60 Å². The highest BCUT2D eigenvalue weighted by atomic mass is 16.6. The number of ether oxygens (including phenoxy) is 1. The molecule has 5 nitrogen and oxygen atoms in total. The zero-order valence-corrected chi connectivity index (χ0v) is 15.1. The standard InChI is InChI=1S/C20H24N2O3/c1-14-7-5-6-8-16(14)13-21-18(23)15-9-11-17(12-10-15)22-19(24)25-20(2,3)4/h5-12H,13H2,1-4H3,(H,21,23)(H,22,24). The third-order valence-corrected chi connectivity index (χ3v) is 3.49. The van der Waals surface area contributed by atoms with Crippen molar-refractivity contribution in [3.63, 3.8) is 0 Å². The lowest BCUT2D eigenvalue weighted by atomic mass is 10.1. The summed E-state index contributed by atoms with van der Waals surface area (Å²) < 4.78 is 5.19. The van der Waals surface area contributed by atoms with Crippen LogP contribution < -0.4 is 10.6 Å². The molecule has 0 aliphatic rings. The van der Waals surface area contributed by atoms with Crippen LogP contribution in [0.4, 0.5) is 10.5 Å². The Morgan fingerprint density at radius 3 is 2.24 bits per heavy atom. The van der Waals surface area contributed by atoms with Gasteiger partial charge in [-0.3, -0.25) is 10.1 Å². The minimum absolute atomic E-state index is 0.160. The second kappa shape index (κ2) is 7.83. The molecule has 0 saturated heterocycles. The third kappa shape index (κ3) is 5.95. The van der Waals surface area contributed by atoms with E-state index in [0.717, 1.165) is 11.1 Å². The molecule has 0 fully saturated rings. The van der Waals surface area contributed by atoms with Crippen LogP contribution in [0.5, 0.6) is 0 Å². The summed E-state index contributed by atoms with van der Waals surface area (Å²) in [5.41, 5.74) is 2.77. The number of benzene rings is 2. The number of amides is 2. The number of anilines is 1. The molecular weight excluding hydrogens is 316 g/mol. The van der Waals surface area contributed by atoms with Gasteiger partial charge in [-0.05, 0) is 63.1 Å². The number of nitrogens with one attached hydrogen (secondary N) is 2. The van der Waals surface area contributed by atoms with E-state index in [1.807, 2.05) is 31.2 Å². The first-order chi connectivity index (χ1) is 11.7. The summed E-state index contributed by atoms with van der Waals surface area (Å²) >= 11 is 0. The van der Waals surface area contributed by atoms with E-state index in [1.165, 1.54) is 0 Å². The Morgan fingerprint density at radius 2 is 1.64 bits per heavy atom. The van der Waals surface area contributed by atoms with Crippen LogP contribution in [0.1, 0.15) is 42.3 Å². The van der Waals surface area contributed by atoms with E-state index < -0.39 is 11.7 Å². The molecular formula is C20H24N2O3. The second-order valence-electron chi connectivity index (χ2n) is 6.81. The number of hydrogen-bond donors (Lipinski definition) is 2. The Labute approximate surface area is 148 Å². The van der Waals surface area contributed by atoms with Crippen LogP contribution in [0.2, 0.25) is 0 Å². The van der Waals surface area contributed by atoms with Crippen LogP contribution in [0.3, 0.4) is 0 Å². The summed E-state index contributed by atoms with van der Waals surface area (Å²) in [6.45, 7) is 7.89. The Hall–Kier alpha value is -2.82. The van der Waals surface area contributed by atoms with Gasteiger partial charge < -0.3 is 10.1 Å². The first-order valence-electron chi connectivity index (χ1n) is 8.17. The van der Waals surface area contributed by atoms with Crippen molar-refractivity contribution in [2.75, 3.05) is 5.32 Å². The van der Waals surface area contributed by atoms with Gasteiger partial charge in [-0.15, -0.1) is 0 Å². The summed E-state index contributed by atoms with van der Waals surface area (Å²) in [4.78, 5) is 24.0. The number of hydrogen-bond acceptors (Lipinski definition) is 3. The Morgan fingerprint density at radius 1 is 1.00 bits per heavy atom. The van der Waals surface area contributed by atoms with Crippen molar-refractivity contribution in [2.24, 2.45) is 0 Å². The largest absolute Gasteiger partial charge is 0.444 e. The summed E-state index contributed by atoms with van der Waals surface area (Å²) in [5, 5.41) is 5.53. The van der Waals surface area contributed by atoms with Gasteiger partial charge in [-0.1, -0.05) is 24.3 Å². The van der Waals surface area contributed by atoms with Crippen LogP contribution in [-0.2, 0) is 11.3 Å². The highest BCUT2D eigenvalue weighted by Crippen LogP contribution is 2.13. The van der Waals surface area contributed by atoms with Crippen molar-refractivity contribution < 1.29 is 14.3 Å². The second-order valence-corrected chi connectivity index (χ2v) is 6.81. The Bertz CT molecular complexity index is 746. The molecule has 0 aliphatic heterocycles. The van der Waals surface area contributed by atoms with Crippen molar-refractivity contribution in [3.05, 3.63) is 65.2 Å². The molecule has 0 unspecified atom stereocenters. The highest BCUT2D eigenvalue weighted by Gasteiger charge is 2.16. The molecule has 2 rings (SSSR count). The highest BCUT2D eigenvalue weighted by molar-refractivity contribution is 5.95. The summed E-state index contributed by atoms with van der Waals surface area (Å²) in [6.07, 6.45) is -0.524. The quantitative estimate of drug-likeness (QED) is 0.873. The molecule has 2 aromatic carbocycles. The van der Waals surface area contributed by atoms with Gasteiger partial charge >= 0.3 is 6.09 Å². The van der Waals surface area contributed by atoms with E-state index in [2.05, 4.69) is 10.6 Å². The fourth-order valence-corrected chi connectivity index (χ4v) is 2.21. The van der Waals surface area contributed by atoms with Crippen molar-refractivity contribution in [1.29, 1.82) is 0 Å². The SMILES string of the molecule is Cc1ccccc1CNC(=O)c1ccc(NC(=O)OC(C)(C)C)cc1. The topological polar surface area (TPSA) is 67.4 Å². The van der Waals surface area contributed by atoms with Gasteiger partial charge in [0.25, 0.3) is 5.91 Å². The zero-order chi connectivity index (χ0) is 18.4. The van der Waals surface area contributed by atoms with Crippen LogP contribution in [0.25, 0.3) is 0 Å². The molecule has 25 heavy (non-hydrogen) atoms. The zero-order valence-electron chi connectivity index (χ0n) is 15.1. The predicted octanol–water partition coefficient (Wildman–Crippen LogP) is 4.27. The van der Waals surface area contributed by atoms with Gasteiger partial charge in [0, 0.05) is 17.8 Å². The molecule has 0 bridgehead atoms. The monoisotopic (exact) mass is 340 g/mol. The molecule has 0 aromatic heterocycles. The third-order valence-electron chi connectivity index (χ3n) is 3.49. The van der Waals surface area contributed by atoms with E-state index >= 15 is 0 Å². The van der Waals surface area contributed by atoms with Gasteiger partial charge in [0.2, 0.25) is 0 Å². The van der Waals surface area contributed by atoms with Gasteiger partial charge in [0.15, 0.2) is 0 Å². The first kappa shape index (κ1) is 18.5. The molecule has 0 spiro atoms. The molecule has 2 amide bonds. The molecule has 0 saturated carbocycles. The molecule has 2 N–H and O–H groups in total. The fourth-order valence-electron chi connectivity index (χ4n) is 2.21. The fraction of sp³-hybridized carbons (Fsp3) is 0.300. The minimum Gasteiger partial charge on any atom is -0.444 e. The smallest absolute Gasteiger partial charge is 0.412 e. The molecule has 2 aromatic rings. The van der Waals surface area contributed by atoms with Crippen LogP contribution in [0, 0.1) is 6.92 Å². The average Bonchev–Trinajstić information content (AvgIpc) is 2.52. The van der Waals surface area contributed by atoms with E-state index in [9.17, 15) is 9.59 Å². The van der Waals surface area contributed by atoms with Gasteiger partial charge in [-0.2, -0.15) is 0 Å². The predicted molar refractivity (Wildman–Crippen MR) is 98.6 cm³/mol. The van der Waals surface area contributed by atoms with Crippen LogP contribution >= 0.6 is 0 Å². The molecule has 0 atom stereocenters. The normalized spacial score (nSPS) is 10.9. The lowest BCUT2D eigenvalue weighted by Crippen LogP contribution is -2.27. The van der Waals surface area contributed by atoms with Crippen LogP contribution in [-0.4, -0.2) is 17.6 Å². The number of rotatable bonds is 4. The minimum atomic E-state index is -0.556. The summed E-state index contributed by atoms with van der Waals surface area (Å²) in [7, 11) is 0. The molecule has 0 radical (unpaired) electrons. The van der Waals surface area contributed by atoms with Crippen molar-refractivity contribution >= 4 is 17.7 Å². The summed E-state index contributed by atoms with van der Waals surface area (Å²) in [5.74, 6) is -0.160. The van der Waals surface area contributed by atoms with Crippen molar-refractivity contribution in [3.8, 4) is 0 Å². The Kier molecular flexibility index (Phi) is 5.80. The van der Waals surface area contributed by atoms with Crippen molar-refractivity contribution in [1.82, 2.24) is 5.32 Å². The number of aryl methyl sites for hydroxylation is 1. The molecule has 5 heteroatoms. The van der Waals surface area contributed by atoms with E-state index in [1.54, 1.807) is 45.0 Å². The van der Waals surface area contributed by atoms with Gasteiger partial charge in [0.05, 0.1) is 0 Å². The maximum Gasteiger partial charge on any atom is 0.412 e. The van der Waals surface area contributed by atoms with E-state index in [0.29, 0.717) is 17.8 Å². The molecule has 0 heterocycles. The lowest BCUT2D eigenvalue weighted by molar-refractivity contribution is 0.0635. The number of carbonyl (C=O) groups is 2. The average molecular weight is 340 g/mol. The van der Waals surface area contributed by atoms with E-state index in [-0.39, 0.29) is 5.91 Å². The van der Waals surface area contributed by atoms with Crippen molar-refractivity contribution in [2.45, 2.75) is 39.8 Å². The van der Waals surface area contributed by atoms with E-state index in [4.69, 9.17) is 4.74 Å². The lowest BCUT2D eigenvalue weighted by Gasteiger charge is -2.19. The number of carbonyl (C=O) groups excluding carboxylic acids is 2. The molecule has 132 valence electrons.